The summed E-state index contributed by atoms with van der Waals surface area (Å²) < 4.78 is 55.3. The van der Waals surface area contributed by atoms with Crippen LogP contribution in [-0.2, 0) is 14.8 Å². The van der Waals surface area contributed by atoms with E-state index in [0.29, 0.717) is 31.3 Å². The highest BCUT2D eigenvalue weighted by molar-refractivity contribution is 7.89. The summed E-state index contributed by atoms with van der Waals surface area (Å²) >= 11 is 0. The lowest BCUT2D eigenvalue weighted by atomic mass is 10.3. The van der Waals surface area contributed by atoms with E-state index >= 15 is 0 Å². The minimum absolute atomic E-state index is 0.153. The average molecular weight is 397 g/mol. The number of sulfonamides is 1. The van der Waals surface area contributed by atoms with Crippen LogP contribution in [0.4, 0.5) is 4.39 Å². The molecule has 0 heterocycles. The van der Waals surface area contributed by atoms with Crippen molar-refractivity contribution < 1.29 is 27.0 Å². The van der Waals surface area contributed by atoms with Crippen molar-refractivity contribution in [3.63, 3.8) is 0 Å². The van der Waals surface area contributed by atoms with Gasteiger partial charge in [0.2, 0.25) is 10.0 Å². The van der Waals surface area contributed by atoms with E-state index in [1.54, 1.807) is 12.1 Å². The van der Waals surface area contributed by atoms with Crippen LogP contribution in [0.25, 0.3) is 0 Å². The molecule has 0 aromatic heterocycles. The molecule has 0 spiro atoms. The summed E-state index contributed by atoms with van der Waals surface area (Å²) in [5.74, 6) is 0.707. The summed E-state index contributed by atoms with van der Waals surface area (Å²) in [6, 6.07) is 11.8. The van der Waals surface area contributed by atoms with Gasteiger partial charge >= 0.3 is 0 Å². The maximum absolute atomic E-state index is 12.9. The van der Waals surface area contributed by atoms with Gasteiger partial charge < -0.3 is 14.2 Å². The molecule has 27 heavy (non-hydrogen) atoms. The first kappa shape index (κ1) is 21.1. The zero-order valence-electron chi connectivity index (χ0n) is 15.4. The molecule has 0 unspecified atom stereocenters. The van der Waals surface area contributed by atoms with Gasteiger partial charge in [-0.05, 0) is 55.5 Å². The summed E-state index contributed by atoms with van der Waals surface area (Å²) in [5, 5.41) is 0. The van der Waals surface area contributed by atoms with Gasteiger partial charge in [-0.1, -0.05) is 0 Å². The highest BCUT2D eigenvalue weighted by Crippen LogP contribution is 2.19. The third-order valence-corrected chi connectivity index (χ3v) is 5.59. The van der Waals surface area contributed by atoms with Gasteiger partial charge in [0.1, 0.15) is 30.5 Å². The molecule has 2 aromatic rings. The Labute approximate surface area is 159 Å². The molecule has 0 saturated carbocycles. The first-order valence-electron chi connectivity index (χ1n) is 8.59. The van der Waals surface area contributed by atoms with Crippen LogP contribution in [0, 0.1) is 5.82 Å². The van der Waals surface area contributed by atoms with Crippen LogP contribution >= 0.6 is 0 Å². The van der Waals surface area contributed by atoms with Gasteiger partial charge in [0.15, 0.2) is 0 Å². The Hall–Kier alpha value is -2.16. The first-order chi connectivity index (χ1) is 12.9. The Morgan fingerprint density at radius 1 is 0.889 bits per heavy atom. The molecular weight excluding hydrogens is 373 g/mol. The summed E-state index contributed by atoms with van der Waals surface area (Å²) in [6.45, 7) is 3.72. The monoisotopic (exact) mass is 397 g/mol. The number of benzene rings is 2. The lowest BCUT2D eigenvalue weighted by Gasteiger charge is -2.18. The normalized spacial score (nSPS) is 11.6. The van der Waals surface area contributed by atoms with E-state index in [1.165, 1.54) is 47.8 Å². The Morgan fingerprint density at radius 3 is 2.04 bits per heavy atom. The molecule has 0 aliphatic carbocycles. The summed E-state index contributed by atoms with van der Waals surface area (Å²) in [6.07, 6.45) is 0. The second kappa shape index (κ2) is 10.2. The molecule has 0 atom stereocenters. The van der Waals surface area contributed by atoms with Crippen molar-refractivity contribution >= 4 is 10.0 Å². The van der Waals surface area contributed by atoms with Crippen LogP contribution in [0.1, 0.15) is 6.92 Å². The van der Waals surface area contributed by atoms with E-state index in [-0.39, 0.29) is 23.9 Å². The Kier molecular flexibility index (Phi) is 8.02. The van der Waals surface area contributed by atoms with Gasteiger partial charge in [0, 0.05) is 20.2 Å². The summed E-state index contributed by atoms with van der Waals surface area (Å²) in [7, 11) is -2.15. The molecule has 8 heteroatoms. The maximum Gasteiger partial charge on any atom is 0.242 e. The molecule has 0 aliphatic rings. The largest absolute Gasteiger partial charge is 0.492 e. The fraction of sp³-hybridized carbons (Fsp3) is 0.368. The van der Waals surface area contributed by atoms with Crippen molar-refractivity contribution in [2.75, 3.05) is 40.0 Å². The third-order valence-electron chi connectivity index (χ3n) is 3.72. The van der Waals surface area contributed by atoms with Crippen molar-refractivity contribution in [2.45, 2.75) is 11.8 Å². The second-order valence-electron chi connectivity index (χ2n) is 5.65. The zero-order chi connectivity index (χ0) is 19.7. The molecule has 0 aliphatic heterocycles. The van der Waals surface area contributed by atoms with Crippen molar-refractivity contribution in [3.05, 3.63) is 54.3 Å². The maximum atomic E-state index is 12.9. The first-order valence-corrected chi connectivity index (χ1v) is 10.0. The Balaban J connectivity index is 1.87. The summed E-state index contributed by atoms with van der Waals surface area (Å²) in [4.78, 5) is 0.170. The highest BCUT2D eigenvalue weighted by atomic mass is 32.2. The van der Waals surface area contributed by atoms with Crippen LogP contribution in [-0.4, -0.2) is 52.7 Å². The van der Waals surface area contributed by atoms with Gasteiger partial charge in [0.05, 0.1) is 11.5 Å². The average Bonchev–Trinajstić information content (AvgIpc) is 2.67. The number of ether oxygens (including phenoxy) is 3. The van der Waals surface area contributed by atoms with E-state index in [0.717, 1.165) is 0 Å². The van der Waals surface area contributed by atoms with E-state index in [4.69, 9.17) is 14.2 Å². The van der Waals surface area contributed by atoms with Crippen LogP contribution in [0.15, 0.2) is 53.4 Å². The predicted molar refractivity (Wildman–Crippen MR) is 100 cm³/mol. The number of hydrogen-bond acceptors (Lipinski definition) is 5. The van der Waals surface area contributed by atoms with E-state index < -0.39 is 10.0 Å². The van der Waals surface area contributed by atoms with Gasteiger partial charge in [-0.25, -0.2) is 12.8 Å². The Bertz CT molecular complexity index is 794. The molecule has 0 saturated heterocycles. The number of nitrogens with zero attached hydrogens (tertiary/aromatic N) is 1. The molecule has 0 amide bonds. The van der Waals surface area contributed by atoms with Crippen molar-refractivity contribution in [2.24, 2.45) is 0 Å². The Morgan fingerprint density at radius 2 is 1.44 bits per heavy atom. The molecule has 2 aromatic carbocycles. The number of likely N-dealkylation sites (N-methyl/N-ethyl adjacent to an activating group) is 1. The summed E-state index contributed by atoms with van der Waals surface area (Å²) in [5.41, 5.74) is 0. The smallest absolute Gasteiger partial charge is 0.242 e. The van der Waals surface area contributed by atoms with Crippen LogP contribution < -0.4 is 9.47 Å². The third kappa shape index (κ3) is 6.50. The molecule has 0 N–H and O–H groups in total. The lowest BCUT2D eigenvalue weighted by molar-refractivity contribution is 0.110. The van der Waals surface area contributed by atoms with Crippen molar-refractivity contribution in [1.29, 1.82) is 0 Å². The molecule has 6 nitrogen and oxygen atoms in total. The van der Waals surface area contributed by atoms with Gasteiger partial charge in [-0.3, -0.25) is 0 Å². The minimum atomic E-state index is -3.63. The van der Waals surface area contributed by atoms with E-state index in [1.807, 2.05) is 6.92 Å². The fourth-order valence-electron chi connectivity index (χ4n) is 2.19. The van der Waals surface area contributed by atoms with Gasteiger partial charge in [-0.15, -0.1) is 0 Å². The van der Waals surface area contributed by atoms with Gasteiger partial charge in [0.25, 0.3) is 0 Å². The molecule has 148 valence electrons. The highest BCUT2D eigenvalue weighted by Gasteiger charge is 2.20. The van der Waals surface area contributed by atoms with E-state index in [9.17, 15) is 12.8 Å². The second-order valence-corrected chi connectivity index (χ2v) is 7.69. The number of halogens is 1. The van der Waals surface area contributed by atoms with Crippen molar-refractivity contribution in [3.8, 4) is 11.5 Å². The lowest BCUT2D eigenvalue weighted by Crippen LogP contribution is -2.31. The molecule has 2 rings (SSSR count). The molecular formula is C19H24FNO5S. The topological polar surface area (TPSA) is 65.1 Å². The minimum Gasteiger partial charge on any atom is -0.492 e. The predicted octanol–water partition coefficient (Wildman–Crippen LogP) is 2.94. The number of rotatable bonds is 11. The van der Waals surface area contributed by atoms with Gasteiger partial charge in [-0.2, -0.15) is 4.31 Å². The van der Waals surface area contributed by atoms with Crippen LogP contribution in [0.5, 0.6) is 11.5 Å². The van der Waals surface area contributed by atoms with Crippen LogP contribution in [0.3, 0.4) is 0 Å². The van der Waals surface area contributed by atoms with Crippen LogP contribution in [0.2, 0.25) is 0 Å². The molecule has 0 fully saturated rings. The molecule has 0 bridgehead atoms. The SMILES string of the molecule is CCOCCOc1ccc(S(=O)(=O)N(C)CCOc2ccc(F)cc2)cc1. The molecule has 0 radical (unpaired) electrons. The standard InChI is InChI=1S/C19H24FNO5S/c1-3-24-14-15-26-18-8-10-19(11-9-18)27(22,23)21(2)12-13-25-17-6-4-16(20)5-7-17/h4-11H,3,12-15H2,1-2H3. The fourth-order valence-corrected chi connectivity index (χ4v) is 3.35. The number of hydrogen-bond donors (Lipinski definition) is 0. The zero-order valence-corrected chi connectivity index (χ0v) is 16.2. The van der Waals surface area contributed by atoms with E-state index in [2.05, 4.69) is 0 Å². The quantitative estimate of drug-likeness (QED) is 0.546. The van der Waals surface area contributed by atoms with Crippen molar-refractivity contribution in [1.82, 2.24) is 4.31 Å².